The van der Waals surface area contributed by atoms with Gasteiger partial charge in [-0.15, -0.1) is 0 Å². The Morgan fingerprint density at radius 2 is 1.96 bits per heavy atom. The first-order valence-corrected chi connectivity index (χ1v) is 9.16. The van der Waals surface area contributed by atoms with Gasteiger partial charge in [-0.05, 0) is 31.2 Å². The number of aryl methyl sites for hydroxylation is 1. The summed E-state index contributed by atoms with van der Waals surface area (Å²) in [5, 5.41) is 10.3. The Bertz CT molecular complexity index is 800. The number of hydrogen-bond donors (Lipinski definition) is 1. The predicted octanol–water partition coefficient (Wildman–Crippen LogP) is 3.63. The quantitative estimate of drug-likeness (QED) is 0.878. The number of ether oxygens (including phenoxy) is 1. The first-order valence-electron chi connectivity index (χ1n) is 8.78. The van der Waals surface area contributed by atoms with Gasteiger partial charge in [-0.2, -0.15) is 0 Å². The standard InChI is InChI=1S/C19H25ClN4O2/c1-12-16(13-5-8-21-18(26-4)15(13)20)23-14(11-25)17(22-12)24-9-6-19(2,3)7-10-24/h5,8,25H,6-7,9-11H2,1-4H3. The summed E-state index contributed by atoms with van der Waals surface area (Å²) in [7, 11) is 1.52. The smallest absolute Gasteiger partial charge is 0.232 e. The van der Waals surface area contributed by atoms with E-state index in [0.29, 0.717) is 33.3 Å². The van der Waals surface area contributed by atoms with E-state index in [0.717, 1.165) is 37.4 Å². The molecule has 6 nitrogen and oxygen atoms in total. The molecule has 0 amide bonds. The average Bonchev–Trinajstić information content (AvgIpc) is 2.62. The monoisotopic (exact) mass is 376 g/mol. The third kappa shape index (κ3) is 3.62. The maximum absolute atomic E-state index is 9.88. The normalized spacial score (nSPS) is 16.6. The van der Waals surface area contributed by atoms with Crippen LogP contribution in [0.3, 0.4) is 0 Å². The van der Waals surface area contributed by atoms with E-state index in [9.17, 15) is 5.11 Å². The molecule has 2 aromatic rings. The fraction of sp³-hybridized carbons (Fsp3) is 0.526. The van der Waals surface area contributed by atoms with Crippen molar-refractivity contribution in [2.75, 3.05) is 25.1 Å². The van der Waals surface area contributed by atoms with E-state index in [1.165, 1.54) is 7.11 Å². The second-order valence-electron chi connectivity index (χ2n) is 7.42. The van der Waals surface area contributed by atoms with Crippen molar-refractivity contribution in [2.24, 2.45) is 5.41 Å². The Morgan fingerprint density at radius 3 is 2.58 bits per heavy atom. The van der Waals surface area contributed by atoms with Gasteiger partial charge < -0.3 is 14.7 Å². The molecular weight excluding hydrogens is 352 g/mol. The summed E-state index contributed by atoms with van der Waals surface area (Å²) < 4.78 is 5.19. The van der Waals surface area contributed by atoms with E-state index in [1.54, 1.807) is 12.3 Å². The summed E-state index contributed by atoms with van der Waals surface area (Å²) in [4.78, 5) is 15.8. The van der Waals surface area contributed by atoms with Crippen LogP contribution in [0.1, 0.15) is 38.1 Å². The number of halogens is 1. The van der Waals surface area contributed by atoms with E-state index in [1.807, 2.05) is 6.92 Å². The second-order valence-corrected chi connectivity index (χ2v) is 7.80. The average molecular weight is 377 g/mol. The molecule has 0 aromatic carbocycles. The van der Waals surface area contributed by atoms with Crippen molar-refractivity contribution < 1.29 is 9.84 Å². The summed E-state index contributed by atoms with van der Waals surface area (Å²) in [6.45, 7) is 8.14. The molecule has 7 heteroatoms. The highest BCUT2D eigenvalue weighted by molar-refractivity contribution is 6.34. The van der Waals surface area contributed by atoms with E-state index in [2.05, 4.69) is 28.7 Å². The zero-order valence-electron chi connectivity index (χ0n) is 15.7. The van der Waals surface area contributed by atoms with Gasteiger partial charge in [0.25, 0.3) is 0 Å². The lowest BCUT2D eigenvalue weighted by atomic mass is 9.82. The van der Waals surface area contributed by atoms with Gasteiger partial charge in [0.2, 0.25) is 5.88 Å². The van der Waals surface area contributed by atoms with Crippen LogP contribution in [-0.4, -0.2) is 40.3 Å². The molecule has 26 heavy (non-hydrogen) atoms. The molecular formula is C19H25ClN4O2. The van der Waals surface area contributed by atoms with Gasteiger partial charge in [0.05, 0.1) is 25.1 Å². The Hall–Kier alpha value is -1.92. The zero-order valence-corrected chi connectivity index (χ0v) is 16.5. The third-order valence-corrected chi connectivity index (χ3v) is 5.36. The molecule has 0 atom stereocenters. The van der Waals surface area contributed by atoms with Crippen LogP contribution in [-0.2, 0) is 6.61 Å². The topological polar surface area (TPSA) is 71.4 Å². The summed E-state index contributed by atoms with van der Waals surface area (Å²) in [5.74, 6) is 1.11. The molecule has 0 saturated carbocycles. The molecule has 3 rings (SSSR count). The van der Waals surface area contributed by atoms with Gasteiger partial charge in [-0.25, -0.2) is 15.0 Å². The van der Waals surface area contributed by atoms with Crippen LogP contribution in [0.25, 0.3) is 11.3 Å². The van der Waals surface area contributed by atoms with Gasteiger partial charge in [0.15, 0.2) is 5.82 Å². The van der Waals surface area contributed by atoms with E-state index >= 15 is 0 Å². The largest absolute Gasteiger partial charge is 0.480 e. The first kappa shape index (κ1) is 18.9. The lowest BCUT2D eigenvalue weighted by Crippen LogP contribution is -2.38. The molecule has 0 aliphatic carbocycles. The second kappa shape index (κ2) is 7.37. The zero-order chi connectivity index (χ0) is 18.9. The van der Waals surface area contributed by atoms with Crippen molar-refractivity contribution in [1.29, 1.82) is 0 Å². The number of pyridine rings is 1. The van der Waals surface area contributed by atoms with Crippen molar-refractivity contribution in [2.45, 2.75) is 40.2 Å². The van der Waals surface area contributed by atoms with Gasteiger partial charge >= 0.3 is 0 Å². The maximum Gasteiger partial charge on any atom is 0.232 e. The van der Waals surface area contributed by atoms with Gasteiger partial charge in [-0.3, -0.25) is 0 Å². The number of rotatable bonds is 4. The summed E-state index contributed by atoms with van der Waals surface area (Å²) in [5.41, 5.74) is 3.01. The van der Waals surface area contributed by atoms with Crippen molar-refractivity contribution in [3.8, 4) is 17.1 Å². The van der Waals surface area contributed by atoms with E-state index in [-0.39, 0.29) is 6.61 Å². The molecule has 0 unspecified atom stereocenters. The van der Waals surface area contributed by atoms with E-state index in [4.69, 9.17) is 21.3 Å². The minimum Gasteiger partial charge on any atom is -0.480 e. The van der Waals surface area contributed by atoms with Crippen LogP contribution in [0, 0.1) is 12.3 Å². The van der Waals surface area contributed by atoms with Crippen LogP contribution in [0.5, 0.6) is 5.88 Å². The molecule has 1 N–H and O–H groups in total. The number of anilines is 1. The number of aliphatic hydroxyl groups excluding tert-OH is 1. The van der Waals surface area contributed by atoms with Crippen molar-refractivity contribution >= 4 is 17.4 Å². The number of methoxy groups -OCH3 is 1. The van der Waals surface area contributed by atoms with Crippen LogP contribution >= 0.6 is 11.6 Å². The fourth-order valence-electron chi connectivity index (χ4n) is 3.23. The van der Waals surface area contributed by atoms with Crippen LogP contribution in [0.4, 0.5) is 5.82 Å². The highest BCUT2D eigenvalue weighted by atomic mass is 35.5. The summed E-state index contributed by atoms with van der Waals surface area (Å²) >= 11 is 6.40. The van der Waals surface area contributed by atoms with Crippen LogP contribution in [0.15, 0.2) is 12.3 Å². The molecule has 140 valence electrons. The molecule has 1 saturated heterocycles. The molecule has 2 aromatic heterocycles. The van der Waals surface area contributed by atoms with Crippen molar-refractivity contribution in [3.05, 3.63) is 28.7 Å². The minimum atomic E-state index is -0.171. The number of aromatic nitrogens is 3. The number of hydrogen-bond acceptors (Lipinski definition) is 6. The molecule has 1 aliphatic rings. The Morgan fingerprint density at radius 1 is 1.27 bits per heavy atom. The summed E-state index contributed by atoms with van der Waals surface area (Å²) in [6, 6.07) is 1.78. The third-order valence-electron chi connectivity index (χ3n) is 4.99. The van der Waals surface area contributed by atoms with Gasteiger partial charge in [0, 0.05) is 24.8 Å². The van der Waals surface area contributed by atoms with Crippen LogP contribution in [0.2, 0.25) is 5.02 Å². The molecule has 0 bridgehead atoms. The van der Waals surface area contributed by atoms with Crippen molar-refractivity contribution in [1.82, 2.24) is 15.0 Å². The predicted molar refractivity (Wildman–Crippen MR) is 103 cm³/mol. The van der Waals surface area contributed by atoms with Gasteiger partial charge in [0.1, 0.15) is 10.7 Å². The Balaban J connectivity index is 2.01. The molecule has 1 aliphatic heterocycles. The lowest BCUT2D eigenvalue weighted by Gasteiger charge is -2.38. The molecule has 0 radical (unpaired) electrons. The highest BCUT2D eigenvalue weighted by Gasteiger charge is 2.28. The van der Waals surface area contributed by atoms with E-state index < -0.39 is 0 Å². The number of nitrogens with zero attached hydrogens (tertiary/aromatic N) is 4. The SMILES string of the molecule is COc1nccc(-c2nc(CO)c(N3CCC(C)(C)CC3)nc2C)c1Cl. The molecule has 1 fully saturated rings. The van der Waals surface area contributed by atoms with Crippen molar-refractivity contribution in [3.63, 3.8) is 0 Å². The first-order chi connectivity index (χ1) is 12.4. The minimum absolute atomic E-state index is 0.171. The van der Waals surface area contributed by atoms with Crippen LogP contribution < -0.4 is 9.64 Å². The Kier molecular flexibility index (Phi) is 5.34. The number of aliphatic hydroxyl groups is 1. The lowest BCUT2D eigenvalue weighted by molar-refractivity contribution is 0.268. The summed E-state index contributed by atoms with van der Waals surface area (Å²) in [6.07, 6.45) is 3.81. The Labute approximate surface area is 159 Å². The number of piperidine rings is 1. The highest BCUT2D eigenvalue weighted by Crippen LogP contribution is 2.36. The molecule has 3 heterocycles. The van der Waals surface area contributed by atoms with Gasteiger partial charge in [-0.1, -0.05) is 25.4 Å². The molecule has 0 spiro atoms. The fourth-order valence-corrected chi connectivity index (χ4v) is 3.51. The maximum atomic E-state index is 9.88.